The van der Waals surface area contributed by atoms with Gasteiger partial charge in [-0.15, -0.1) is 0 Å². The van der Waals surface area contributed by atoms with Crippen LogP contribution < -0.4 is 10.5 Å². The fourth-order valence-electron chi connectivity index (χ4n) is 0.982. The number of ether oxygens (including phenoxy) is 2. The number of nitrogen functional groups attached to an aromatic ring is 1. The van der Waals surface area contributed by atoms with Gasteiger partial charge in [0, 0.05) is 18.9 Å². The standard InChI is InChI=1S/C10H16N2O2/c1-2-5-13-6-7-14-10-3-4-12-8-9(10)11/h3-4,8H,2,5-7,11H2,1H3. The minimum atomic E-state index is 0.522. The minimum absolute atomic E-state index is 0.522. The summed E-state index contributed by atoms with van der Waals surface area (Å²) < 4.78 is 10.7. The Hall–Kier alpha value is -1.29. The Morgan fingerprint density at radius 3 is 2.93 bits per heavy atom. The molecule has 2 N–H and O–H groups in total. The van der Waals surface area contributed by atoms with E-state index >= 15 is 0 Å². The van der Waals surface area contributed by atoms with E-state index in [1.807, 2.05) is 0 Å². The Morgan fingerprint density at radius 1 is 1.36 bits per heavy atom. The van der Waals surface area contributed by atoms with Gasteiger partial charge < -0.3 is 15.2 Å². The Morgan fingerprint density at radius 2 is 2.21 bits per heavy atom. The number of nitrogens with zero attached hydrogens (tertiary/aromatic N) is 1. The van der Waals surface area contributed by atoms with Crippen molar-refractivity contribution in [3.63, 3.8) is 0 Å². The first-order valence-electron chi connectivity index (χ1n) is 4.74. The number of nitrogens with two attached hydrogens (primary N) is 1. The summed E-state index contributed by atoms with van der Waals surface area (Å²) in [6.07, 6.45) is 4.25. The second kappa shape index (κ2) is 6.21. The first kappa shape index (κ1) is 10.8. The van der Waals surface area contributed by atoms with Gasteiger partial charge in [0.1, 0.15) is 12.4 Å². The monoisotopic (exact) mass is 196 g/mol. The van der Waals surface area contributed by atoms with Gasteiger partial charge in [0.15, 0.2) is 0 Å². The molecular weight excluding hydrogens is 180 g/mol. The van der Waals surface area contributed by atoms with Gasteiger partial charge in [0.25, 0.3) is 0 Å². The van der Waals surface area contributed by atoms with E-state index in [9.17, 15) is 0 Å². The highest BCUT2D eigenvalue weighted by Gasteiger charge is 1.97. The highest BCUT2D eigenvalue weighted by atomic mass is 16.5. The number of rotatable bonds is 6. The SMILES string of the molecule is CCCOCCOc1ccncc1N. The fourth-order valence-corrected chi connectivity index (χ4v) is 0.982. The maximum Gasteiger partial charge on any atom is 0.145 e. The van der Waals surface area contributed by atoms with Crippen molar-refractivity contribution in [2.45, 2.75) is 13.3 Å². The van der Waals surface area contributed by atoms with Gasteiger partial charge in [0.2, 0.25) is 0 Å². The molecule has 0 radical (unpaired) electrons. The van der Waals surface area contributed by atoms with Gasteiger partial charge >= 0.3 is 0 Å². The third kappa shape index (κ3) is 3.62. The summed E-state index contributed by atoms with van der Waals surface area (Å²) in [6.45, 7) is 3.96. The van der Waals surface area contributed by atoms with Crippen LogP contribution in [0.1, 0.15) is 13.3 Å². The van der Waals surface area contributed by atoms with Gasteiger partial charge in [-0.05, 0) is 6.42 Å². The van der Waals surface area contributed by atoms with Crippen LogP contribution in [0.15, 0.2) is 18.5 Å². The lowest BCUT2D eigenvalue weighted by atomic mass is 10.4. The molecule has 0 unspecified atom stereocenters. The van der Waals surface area contributed by atoms with Crippen LogP contribution in [0.4, 0.5) is 5.69 Å². The third-order valence-corrected chi connectivity index (χ3v) is 1.64. The van der Waals surface area contributed by atoms with E-state index in [4.69, 9.17) is 15.2 Å². The van der Waals surface area contributed by atoms with Gasteiger partial charge in [0.05, 0.1) is 18.5 Å². The van der Waals surface area contributed by atoms with Gasteiger partial charge in [-0.1, -0.05) is 6.92 Å². The van der Waals surface area contributed by atoms with Gasteiger partial charge in [-0.2, -0.15) is 0 Å². The van der Waals surface area contributed by atoms with Gasteiger partial charge in [-0.3, -0.25) is 4.98 Å². The van der Waals surface area contributed by atoms with Crippen LogP contribution >= 0.6 is 0 Å². The fraction of sp³-hybridized carbons (Fsp3) is 0.500. The Bertz CT molecular complexity index is 266. The van der Waals surface area contributed by atoms with E-state index in [1.165, 1.54) is 0 Å². The number of pyridine rings is 1. The molecule has 0 bridgehead atoms. The molecule has 14 heavy (non-hydrogen) atoms. The van der Waals surface area contributed by atoms with Crippen LogP contribution in [0.25, 0.3) is 0 Å². The molecular formula is C10H16N2O2. The van der Waals surface area contributed by atoms with E-state index in [0.29, 0.717) is 24.7 Å². The van der Waals surface area contributed by atoms with Crippen molar-refractivity contribution >= 4 is 5.69 Å². The summed E-state index contributed by atoms with van der Waals surface area (Å²) in [7, 11) is 0. The molecule has 0 aliphatic carbocycles. The molecule has 78 valence electrons. The predicted octanol–water partition coefficient (Wildman–Crippen LogP) is 1.47. The maximum absolute atomic E-state index is 5.63. The molecule has 0 saturated carbocycles. The molecule has 1 rings (SSSR count). The molecule has 0 amide bonds. The summed E-state index contributed by atoms with van der Waals surface area (Å²) >= 11 is 0. The second-order valence-corrected chi connectivity index (χ2v) is 2.87. The Labute approximate surface area is 84.0 Å². The van der Waals surface area contributed by atoms with Crippen molar-refractivity contribution in [3.8, 4) is 5.75 Å². The molecule has 0 spiro atoms. The molecule has 4 heteroatoms. The molecule has 0 saturated heterocycles. The van der Waals surface area contributed by atoms with Crippen LogP contribution in [-0.2, 0) is 4.74 Å². The largest absolute Gasteiger partial charge is 0.489 e. The predicted molar refractivity (Wildman–Crippen MR) is 55.3 cm³/mol. The summed E-state index contributed by atoms with van der Waals surface area (Å²) in [5.41, 5.74) is 6.19. The lowest BCUT2D eigenvalue weighted by Gasteiger charge is -2.07. The van der Waals surface area contributed by atoms with E-state index in [1.54, 1.807) is 18.5 Å². The highest BCUT2D eigenvalue weighted by molar-refractivity contribution is 5.49. The van der Waals surface area contributed by atoms with Crippen LogP contribution in [-0.4, -0.2) is 24.8 Å². The minimum Gasteiger partial charge on any atom is -0.489 e. The molecule has 0 fully saturated rings. The Kier molecular flexibility index (Phi) is 4.78. The average Bonchev–Trinajstić information content (AvgIpc) is 2.20. The van der Waals surface area contributed by atoms with Crippen LogP contribution in [0, 0.1) is 0 Å². The number of hydrogen-bond donors (Lipinski definition) is 1. The lowest BCUT2D eigenvalue weighted by molar-refractivity contribution is 0.101. The maximum atomic E-state index is 5.63. The summed E-state index contributed by atoms with van der Waals surface area (Å²) in [5, 5.41) is 0. The van der Waals surface area contributed by atoms with Crippen LogP contribution in [0.2, 0.25) is 0 Å². The molecule has 0 aromatic carbocycles. The summed E-state index contributed by atoms with van der Waals surface area (Å²) in [4.78, 5) is 3.87. The van der Waals surface area contributed by atoms with Gasteiger partial charge in [-0.25, -0.2) is 0 Å². The first-order valence-corrected chi connectivity index (χ1v) is 4.74. The lowest BCUT2D eigenvalue weighted by Crippen LogP contribution is -2.08. The molecule has 1 heterocycles. The number of anilines is 1. The van der Waals surface area contributed by atoms with E-state index in [-0.39, 0.29) is 0 Å². The molecule has 0 aliphatic heterocycles. The van der Waals surface area contributed by atoms with Crippen molar-refractivity contribution in [1.29, 1.82) is 0 Å². The molecule has 1 aromatic heterocycles. The smallest absolute Gasteiger partial charge is 0.145 e. The van der Waals surface area contributed by atoms with E-state index in [2.05, 4.69) is 11.9 Å². The first-order chi connectivity index (χ1) is 6.84. The molecule has 4 nitrogen and oxygen atoms in total. The molecule has 1 aromatic rings. The quantitative estimate of drug-likeness (QED) is 0.700. The highest BCUT2D eigenvalue weighted by Crippen LogP contribution is 2.17. The van der Waals surface area contributed by atoms with Crippen molar-refractivity contribution in [2.24, 2.45) is 0 Å². The van der Waals surface area contributed by atoms with Crippen LogP contribution in [0.5, 0.6) is 5.75 Å². The van der Waals surface area contributed by atoms with Crippen molar-refractivity contribution < 1.29 is 9.47 Å². The molecule has 0 atom stereocenters. The summed E-state index contributed by atoms with van der Waals surface area (Å²) in [5.74, 6) is 0.667. The topological polar surface area (TPSA) is 57.4 Å². The zero-order chi connectivity index (χ0) is 10.2. The zero-order valence-corrected chi connectivity index (χ0v) is 8.40. The zero-order valence-electron chi connectivity index (χ0n) is 8.40. The average molecular weight is 196 g/mol. The summed E-state index contributed by atoms with van der Waals surface area (Å²) in [6, 6.07) is 1.75. The van der Waals surface area contributed by atoms with E-state index in [0.717, 1.165) is 13.0 Å². The van der Waals surface area contributed by atoms with Crippen molar-refractivity contribution in [3.05, 3.63) is 18.5 Å². The third-order valence-electron chi connectivity index (χ3n) is 1.64. The number of aromatic nitrogens is 1. The molecule has 0 aliphatic rings. The Balaban J connectivity index is 2.21. The van der Waals surface area contributed by atoms with Crippen molar-refractivity contribution in [1.82, 2.24) is 4.98 Å². The second-order valence-electron chi connectivity index (χ2n) is 2.87. The van der Waals surface area contributed by atoms with E-state index < -0.39 is 0 Å². The normalized spacial score (nSPS) is 10.1. The van der Waals surface area contributed by atoms with Crippen LogP contribution in [0.3, 0.4) is 0 Å². The number of hydrogen-bond acceptors (Lipinski definition) is 4. The van der Waals surface area contributed by atoms with Crippen molar-refractivity contribution in [2.75, 3.05) is 25.6 Å².